The van der Waals surface area contributed by atoms with Crippen LogP contribution >= 0.6 is 11.3 Å². The Hall–Kier alpha value is -2.31. The third-order valence-electron chi connectivity index (χ3n) is 5.88. The molecule has 0 unspecified atom stereocenters. The quantitative estimate of drug-likeness (QED) is 0.366. The van der Waals surface area contributed by atoms with Gasteiger partial charge < -0.3 is 26.0 Å². The van der Waals surface area contributed by atoms with E-state index in [4.69, 9.17) is 9.97 Å². The minimum absolute atomic E-state index is 0.0283. The maximum atomic E-state index is 10.6. The van der Waals surface area contributed by atoms with Crippen molar-refractivity contribution in [3.8, 4) is 10.6 Å². The van der Waals surface area contributed by atoms with Crippen LogP contribution in [0.2, 0.25) is 0 Å². The molecule has 4 rings (SSSR count). The molecule has 0 bridgehead atoms. The summed E-state index contributed by atoms with van der Waals surface area (Å²) in [6, 6.07) is -0.483. The number of aryl methyl sites for hydroxylation is 1. The first-order valence-electron chi connectivity index (χ1n) is 11.1. The van der Waals surface area contributed by atoms with Crippen molar-refractivity contribution in [2.24, 2.45) is 11.3 Å². The Kier molecular flexibility index (Phi) is 6.61. The topological polar surface area (TPSA) is 147 Å². The molecule has 11 heteroatoms. The zero-order valence-corrected chi connectivity index (χ0v) is 20.1. The molecule has 0 spiro atoms. The van der Waals surface area contributed by atoms with Crippen LogP contribution in [0.5, 0.6) is 0 Å². The van der Waals surface area contributed by atoms with Crippen LogP contribution in [0.1, 0.15) is 43.5 Å². The summed E-state index contributed by atoms with van der Waals surface area (Å²) in [6.45, 7) is 8.99. The van der Waals surface area contributed by atoms with E-state index >= 15 is 0 Å². The smallest absolute Gasteiger partial charge is 0.224 e. The Morgan fingerprint density at radius 3 is 2.61 bits per heavy atom. The SMILES string of the molecule is Cc1nc(NCC(C)(C)C)nc(N[C@@H]2C[C@H](CO)[C@@H](O)[C@H]2O)c1-c1nc2c(s1)C=CN(O)C2. The molecule has 0 saturated heterocycles. The predicted octanol–water partition coefficient (Wildman–Crippen LogP) is 2.06. The summed E-state index contributed by atoms with van der Waals surface area (Å²) < 4.78 is 0. The van der Waals surface area contributed by atoms with E-state index in [1.54, 1.807) is 6.20 Å². The first-order chi connectivity index (χ1) is 15.6. The highest BCUT2D eigenvalue weighted by molar-refractivity contribution is 7.16. The lowest BCUT2D eigenvalue weighted by atomic mass is 9.97. The van der Waals surface area contributed by atoms with Crippen LogP contribution in [-0.2, 0) is 6.54 Å². The molecule has 10 nitrogen and oxygen atoms in total. The number of hydrogen-bond acceptors (Lipinski definition) is 11. The third kappa shape index (κ3) is 5.12. The summed E-state index contributed by atoms with van der Waals surface area (Å²) >= 11 is 1.48. The molecule has 6 N–H and O–H groups in total. The largest absolute Gasteiger partial charge is 0.396 e. The minimum Gasteiger partial charge on any atom is -0.396 e. The zero-order chi connectivity index (χ0) is 23.9. The average Bonchev–Trinajstić information content (AvgIpc) is 3.26. The molecule has 0 amide bonds. The molecule has 0 aromatic carbocycles. The molecule has 0 radical (unpaired) electrons. The van der Waals surface area contributed by atoms with Crippen molar-refractivity contribution >= 4 is 29.2 Å². The monoisotopic (exact) mass is 476 g/mol. The lowest BCUT2D eigenvalue weighted by molar-refractivity contribution is -0.0502. The van der Waals surface area contributed by atoms with Gasteiger partial charge in [-0.2, -0.15) is 4.98 Å². The van der Waals surface area contributed by atoms with Crippen LogP contribution in [0.25, 0.3) is 16.6 Å². The van der Waals surface area contributed by atoms with Crippen molar-refractivity contribution < 1.29 is 20.5 Å². The lowest BCUT2D eigenvalue weighted by Crippen LogP contribution is -2.36. The van der Waals surface area contributed by atoms with Crippen LogP contribution in [0.3, 0.4) is 0 Å². The third-order valence-corrected chi connectivity index (χ3v) is 6.96. The molecule has 1 aliphatic carbocycles. The van der Waals surface area contributed by atoms with E-state index in [0.717, 1.165) is 15.6 Å². The molecular formula is C22H32N6O4S. The van der Waals surface area contributed by atoms with Crippen molar-refractivity contribution in [2.45, 2.75) is 58.9 Å². The van der Waals surface area contributed by atoms with Gasteiger partial charge in [-0.25, -0.2) is 9.97 Å². The van der Waals surface area contributed by atoms with Crippen molar-refractivity contribution in [2.75, 3.05) is 23.8 Å². The highest BCUT2D eigenvalue weighted by atomic mass is 32.1. The molecule has 33 heavy (non-hydrogen) atoms. The lowest BCUT2D eigenvalue weighted by Gasteiger charge is -2.22. The van der Waals surface area contributed by atoms with Gasteiger partial charge in [0.05, 0.1) is 40.5 Å². The molecule has 1 saturated carbocycles. The molecule has 4 atom stereocenters. The number of aromatic nitrogens is 3. The van der Waals surface area contributed by atoms with E-state index in [2.05, 4.69) is 36.4 Å². The standard InChI is InChI=1S/C22H32N6O4S/c1-11-16(20-26-14-8-28(32)6-5-15(14)33-20)19(27-21(24-11)23-10-22(2,3)4)25-13-7-12(9-29)17(30)18(13)31/h5-6,12-13,17-18,29-32H,7-10H2,1-4H3,(H2,23,24,25,27)/t12-,13-,17-,18+/m1/s1. The molecule has 180 valence electrons. The van der Waals surface area contributed by atoms with Crippen molar-refractivity contribution in [3.63, 3.8) is 0 Å². The number of aliphatic hydroxyl groups is 3. The summed E-state index contributed by atoms with van der Waals surface area (Å²) in [6.07, 6.45) is 1.77. The van der Waals surface area contributed by atoms with Gasteiger partial charge in [-0.15, -0.1) is 11.3 Å². The van der Waals surface area contributed by atoms with E-state index in [1.807, 2.05) is 13.0 Å². The molecule has 1 aliphatic heterocycles. The maximum absolute atomic E-state index is 10.6. The normalized spacial score (nSPS) is 24.8. The Bertz CT molecular complexity index is 1040. The van der Waals surface area contributed by atoms with Gasteiger partial charge in [-0.05, 0) is 24.8 Å². The second kappa shape index (κ2) is 9.15. The van der Waals surface area contributed by atoms with Gasteiger partial charge in [0, 0.05) is 25.3 Å². The van der Waals surface area contributed by atoms with E-state index in [-0.39, 0.29) is 12.0 Å². The van der Waals surface area contributed by atoms with Gasteiger partial charge in [0.15, 0.2) is 0 Å². The first-order valence-corrected chi connectivity index (χ1v) is 11.9. The Morgan fingerprint density at radius 1 is 1.18 bits per heavy atom. The van der Waals surface area contributed by atoms with E-state index < -0.39 is 24.2 Å². The van der Waals surface area contributed by atoms with E-state index in [0.29, 0.717) is 47.5 Å². The first kappa shape index (κ1) is 23.8. The number of fused-ring (bicyclic) bond motifs is 1. The fourth-order valence-corrected chi connectivity index (χ4v) is 5.12. The summed E-state index contributed by atoms with van der Waals surface area (Å²) in [5, 5.41) is 48.5. The summed E-state index contributed by atoms with van der Waals surface area (Å²) in [5.41, 5.74) is 2.21. The average molecular weight is 477 g/mol. The second-order valence-electron chi connectivity index (χ2n) is 9.92. The number of thiazole rings is 1. The predicted molar refractivity (Wildman–Crippen MR) is 127 cm³/mol. The Labute approximate surface area is 197 Å². The van der Waals surface area contributed by atoms with Gasteiger partial charge in [0.2, 0.25) is 5.95 Å². The Morgan fingerprint density at radius 2 is 1.94 bits per heavy atom. The molecular weight excluding hydrogens is 444 g/mol. The van der Waals surface area contributed by atoms with Gasteiger partial charge in [0.1, 0.15) is 16.9 Å². The van der Waals surface area contributed by atoms with E-state index in [9.17, 15) is 20.5 Å². The summed E-state index contributed by atoms with van der Waals surface area (Å²) in [5.74, 6) is 0.558. The fourth-order valence-electron chi connectivity index (χ4n) is 4.05. The zero-order valence-electron chi connectivity index (χ0n) is 19.3. The second-order valence-corrected chi connectivity index (χ2v) is 11.0. The Balaban J connectivity index is 1.72. The van der Waals surface area contributed by atoms with Crippen molar-refractivity contribution in [1.29, 1.82) is 0 Å². The van der Waals surface area contributed by atoms with Crippen LogP contribution in [-0.4, -0.2) is 71.9 Å². The number of anilines is 2. The highest BCUT2D eigenvalue weighted by Gasteiger charge is 2.41. The van der Waals surface area contributed by atoms with Crippen LogP contribution in [0, 0.1) is 18.3 Å². The number of hydrogen-bond donors (Lipinski definition) is 6. The van der Waals surface area contributed by atoms with Crippen molar-refractivity contribution in [1.82, 2.24) is 20.0 Å². The van der Waals surface area contributed by atoms with Gasteiger partial charge in [-0.3, -0.25) is 10.3 Å². The summed E-state index contributed by atoms with van der Waals surface area (Å²) in [7, 11) is 0. The van der Waals surface area contributed by atoms with Gasteiger partial charge in [0.25, 0.3) is 0 Å². The number of hydroxylamine groups is 2. The molecule has 2 aromatic rings. The fraction of sp³-hybridized carbons (Fsp3) is 0.591. The number of nitrogens with one attached hydrogen (secondary N) is 2. The maximum Gasteiger partial charge on any atom is 0.224 e. The molecule has 2 aliphatic rings. The summed E-state index contributed by atoms with van der Waals surface area (Å²) in [4.78, 5) is 15.0. The van der Waals surface area contributed by atoms with Crippen LogP contribution < -0.4 is 10.6 Å². The van der Waals surface area contributed by atoms with Gasteiger partial charge >= 0.3 is 0 Å². The minimum atomic E-state index is -1.04. The van der Waals surface area contributed by atoms with Crippen LogP contribution in [0.15, 0.2) is 6.20 Å². The number of aliphatic hydroxyl groups excluding tert-OH is 3. The molecule has 3 heterocycles. The van der Waals surface area contributed by atoms with Crippen molar-refractivity contribution in [3.05, 3.63) is 22.5 Å². The number of rotatable bonds is 6. The molecule has 1 fully saturated rings. The van der Waals surface area contributed by atoms with Crippen LogP contribution in [0.4, 0.5) is 11.8 Å². The van der Waals surface area contributed by atoms with E-state index in [1.165, 1.54) is 11.3 Å². The van der Waals surface area contributed by atoms with Gasteiger partial charge in [-0.1, -0.05) is 20.8 Å². The number of nitrogens with zero attached hydrogens (tertiary/aromatic N) is 4. The molecule has 2 aromatic heterocycles. The highest BCUT2D eigenvalue weighted by Crippen LogP contribution is 2.38.